The number of piperazine rings is 1. The molecule has 0 aromatic carbocycles. The van der Waals surface area contributed by atoms with Crippen molar-refractivity contribution < 1.29 is 14.3 Å². The van der Waals surface area contributed by atoms with Crippen molar-refractivity contribution in [2.24, 2.45) is 0 Å². The Labute approximate surface area is 130 Å². The van der Waals surface area contributed by atoms with Crippen LogP contribution in [0.3, 0.4) is 0 Å². The third kappa shape index (κ3) is 4.78. The molecule has 0 radical (unpaired) electrons. The smallest absolute Gasteiger partial charge is 0.240 e. The van der Waals surface area contributed by atoms with Crippen LogP contribution in [-0.2, 0) is 20.9 Å². The molecular formula is C15H22N4O3. The number of carbonyl (C=O) groups excluding carboxylic acids is 2. The van der Waals surface area contributed by atoms with E-state index in [1.807, 2.05) is 12.1 Å². The molecular weight excluding hydrogens is 284 g/mol. The molecule has 1 aliphatic heterocycles. The van der Waals surface area contributed by atoms with Crippen LogP contribution < -0.4 is 10.6 Å². The zero-order chi connectivity index (χ0) is 15.8. The molecule has 1 fully saturated rings. The van der Waals surface area contributed by atoms with Gasteiger partial charge >= 0.3 is 0 Å². The molecule has 2 rings (SSSR count). The van der Waals surface area contributed by atoms with Gasteiger partial charge in [0.25, 0.3) is 0 Å². The van der Waals surface area contributed by atoms with Gasteiger partial charge in [0.15, 0.2) is 0 Å². The van der Waals surface area contributed by atoms with E-state index in [0.29, 0.717) is 32.8 Å². The number of nitrogens with one attached hydrogen (secondary N) is 2. The Hall–Kier alpha value is -1.99. The summed E-state index contributed by atoms with van der Waals surface area (Å²) in [6.07, 6.45) is 3.53. The summed E-state index contributed by atoms with van der Waals surface area (Å²) in [4.78, 5) is 30.0. The molecule has 1 atom stereocenters. The lowest BCUT2D eigenvalue weighted by molar-refractivity contribution is -0.138. The maximum Gasteiger partial charge on any atom is 0.240 e. The fourth-order valence-electron chi connectivity index (χ4n) is 2.34. The molecule has 0 spiro atoms. The Bertz CT molecular complexity index is 495. The molecule has 0 saturated carbocycles. The number of amides is 2. The third-order valence-electron chi connectivity index (χ3n) is 3.55. The largest absolute Gasteiger partial charge is 0.383 e. The topological polar surface area (TPSA) is 83.6 Å². The molecule has 120 valence electrons. The van der Waals surface area contributed by atoms with Crippen LogP contribution in [0, 0.1) is 0 Å². The fraction of sp³-hybridized carbons (Fsp3) is 0.533. The van der Waals surface area contributed by atoms with Gasteiger partial charge in [-0.1, -0.05) is 6.07 Å². The van der Waals surface area contributed by atoms with Crippen molar-refractivity contribution in [3.8, 4) is 0 Å². The number of nitrogens with zero attached hydrogens (tertiary/aromatic N) is 2. The summed E-state index contributed by atoms with van der Waals surface area (Å²) in [5, 5.41) is 5.91. The predicted molar refractivity (Wildman–Crippen MR) is 80.9 cm³/mol. The second-order valence-electron chi connectivity index (χ2n) is 5.17. The molecule has 0 bridgehead atoms. The summed E-state index contributed by atoms with van der Waals surface area (Å²) >= 11 is 0. The number of pyridine rings is 1. The normalized spacial score (nSPS) is 18.3. The number of hydrogen-bond donors (Lipinski definition) is 2. The van der Waals surface area contributed by atoms with Crippen LogP contribution in [0.5, 0.6) is 0 Å². The second kappa shape index (κ2) is 8.45. The molecule has 7 heteroatoms. The van der Waals surface area contributed by atoms with E-state index in [2.05, 4.69) is 15.6 Å². The van der Waals surface area contributed by atoms with Crippen LogP contribution in [-0.4, -0.2) is 61.1 Å². The molecule has 0 aliphatic carbocycles. The van der Waals surface area contributed by atoms with Gasteiger partial charge in [0.05, 0.1) is 19.1 Å². The van der Waals surface area contributed by atoms with Crippen LogP contribution in [0.4, 0.5) is 0 Å². The zero-order valence-electron chi connectivity index (χ0n) is 12.7. The monoisotopic (exact) mass is 306 g/mol. The first-order chi connectivity index (χ1) is 10.7. The van der Waals surface area contributed by atoms with Gasteiger partial charge < -0.3 is 20.3 Å². The van der Waals surface area contributed by atoms with E-state index in [1.165, 1.54) is 0 Å². The van der Waals surface area contributed by atoms with E-state index in [0.717, 1.165) is 5.56 Å². The minimum atomic E-state index is -0.459. The Kier molecular flexibility index (Phi) is 6.29. The molecule has 1 aromatic rings. The van der Waals surface area contributed by atoms with Crippen LogP contribution in [0.15, 0.2) is 24.5 Å². The minimum absolute atomic E-state index is 0.0418. The lowest BCUT2D eigenvalue weighted by Crippen LogP contribution is -2.56. The van der Waals surface area contributed by atoms with Gasteiger partial charge in [-0.25, -0.2) is 0 Å². The van der Waals surface area contributed by atoms with Gasteiger partial charge in [-0.3, -0.25) is 14.6 Å². The number of aromatic nitrogens is 1. The Morgan fingerprint density at radius 3 is 3.18 bits per heavy atom. The molecule has 1 saturated heterocycles. The van der Waals surface area contributed by atoms with Gasteiger partial charge in [0.1, 0.15) is 0 Å². The summed E-state index contributed by atoms with van der Waals surface area (Å²) < 4.78 is 5.00. The van der Waals surface area contributed by atoms with Gasteiger partial charge in [0.2, 0.25) is 11.8 Å². The average Bonchev–Trinajstić information content (AvgIpc) is 2.55. The molecule has 2 amide bonds. The highest BCUT2D eigenvalue weighted by molar-refractivity contribution is 5.88. The SMILES string of the molecule is COCCN1CCNC(CC(=O)NCc2cccnc2)C1=O. The first-order valence-corrected chi connectivity index (χ1v) is 7.37. The lowest BCUT2D eigenvalue weighted by atomic mass is 10.1. The molecule has 22 heavy (non-hydrogen) atoms. The van der Waals surface area contributed by atoms with Crippen molar-refractivity contribution in [1.82, 2.24) is 20.5 Å². The van der Waals surface area contributed by atoms with Gasteiger partial charge in [-0.05, 0) is 11.6 Å². The first-order valence-electron chi connectivity index (χ1n) is 7.37. The van der Waals surface area contributed by atoms with E-state index >= 15 is 0 Å². The van der Waals surface area contributed by atoms with Crippen LogP contribution in [0.1, 0.15) is 12.0 Å². The molecule has 2 heterocycles. The van der Waals surface area contributed by atoms with Crippen molar-refractivity contribution in [1.29, 1.82) is 0 Å². The van der Waals surface area contributed by atoms with Crippen molar-refractivity contribution in [3.63, 3.8) is 0 Å². The highest BCUT2D eigenvalue weighted by atomic mass is 16.5. The average molecular weight is 306 g/mol. The maximum absolute atomic E-state index is 12.3. The van der Waals surface area contributed by atoms with Gasteiger partial charge in [-0.15, -0.1) is 0 Å². The standard InChI is InChI=1S/C15H22N4O3/c1-22-8-7-19-6-5-17-13(15(19)21)9-14(20)18-11-12-3-2-4-16-10-12/h2-4,10,13,17H,5-9,11H2,1H3,(H,18,20). The highest BCUT2D eigenvalue weighted by Gasteiger charge is 2.29. The van der Waals surface area contributed by atoms with E-state index in [1.54, 1.807) is 24.4 Å². The van der Waals surface area contributed by atoms with E-state index in [4.69, 9.17) is 4.74 Å². The van der Waals surface area contributed by atoms with Crippen molar-refractivity contribution in [2.75, 3.05) is 33.4 Å². The number of rotatable bonds is 7. The van der Waals surface area contributed by atoms with Crippen molar-refractivity contribution in [2.45, 2.75) is 19.0 Å². The minimum Gasteiger partial charge on any atom is -0.383 e. The van der Waals surface area contributed by atoms with Crippen LogP contribution in [0.25, 0.3) is 0 Å². The van der Waals surface area contributed by atoms with Crippen LogP contribution in [0.2, 0.25) is 0 Å². The summed E-state index contributed by atoms with van der Waals surface area (Å²) in [7, 11) is 1.61. The highest BCUT2D eigenvalue weighted by Crippen LogP contribution is 2.05. The Morgan fingerprint density at radius 1 is 1.59 bits per heavy atom. The molecule has 2 N–H and O–H groups in total. The van der Waals surface area contributed by atoms with Gasteiger partial charge in [0, 0.05) is 45.7 Å². The Balaban J connectivity index is 1.79. The van der Waals surface area contributed by atoms with Gasteiger partial charge in [-0.2, -0.15) is 0 Å². The maximum atomic E-state index is 12.3. The summed E-state index contributed by atoms with van der Waals surface area (Å²) in [5.74, 6) is -0.192. The fourth-order valence-corrected chi connectivity index (χ4v) is 2.34. The third-order valence-corrected chi connectivity index (χ3v) is 3.55. The number of methoxy groups -OCH3 is 1. The number of hydrogen-bond acceptors (Lipinski definition) is 5. The quantitative estimate of drug-likeness (QED) is 0.712. The van der Waals surface area contributed by atoms with Crippen molar-refractivity contribution >= 4 is 11.8 Å². The Morgan fingerprint density at radius 2 is 2.45 bits per heavy atom. The zero-order valence-corrected chi connectivity index (χ0v) is 12.7. The number of ether oxygens (including phenoxy) is 1. The van der Waals surface area contributed by atoms with Crippen molar-refractivity contribution in [3.05, 3.63) is 30.1 Å². The molecule has 1 unspecified atom stereocenters. The van der Waals surface area contributed by atoms with E-state index < -0.39 is 6.04 Å². The lowest BCUT2D eigenvalue weighted by Gasteiger charge is -2.32. The molecule has 1 aliphatic rings. The summed E-state index contributed by atoms with van der Waals surface area (Å²) in [6, 6.07) is 3.25. The first kappa shape index (κ1) is 16.4. The summed E-state index contributed by atoms with van der Waals surface area (Å²) in [5.41, 5.74) is 0.931. The van der Waals surface area contributed by atoms with E-state index in [-0.39, 0.29) is 18.2 Å². The van der Waals surface area contributed by atoms with Crippen LogP contribution >= 0.6 is 0 Å². The summed E-state index contributed by atoms with van der Waals surface area (Å²) in [6.45, 7) is 2.82. The van der Waals surface area contributed by atoms with E-state index in [9.17, 15) is 9.59 Å². The second-order valence-corrected chi connectivity index (χ2v) is 5.17. The number of carbonyl (C=O) groups is 2. The molecule has 1 aromatic heterocycles. The molecule has 7 nitrogen and oxygen atoms in total. The predicted octanol–water partition coefficient (Wildman–Crippen LogP) is -0.465.